The molecule has 1 heterocycles. The molecule has 0 aliphatic heterocycles. The van der Waals surface area contributed by atoms with Crippen molar-refractivity contribution >= 4 is 37.5 Å². The van der Waals surface area contributed by atoms with Crippen molar-refractivity contribution < 1.29 is 4.52 Å². The van der Waals surface area contributed by atoms with E-state index in [1.807, 2.05) is 42.5 Å². The molecule has 0 radical (unpaired) electrons. The van der Waals surface area contributed by atoms with E-state index in [4.69, 9.17) is 10.3 Å². The van der Waals surface area contributed by atoms with Crippen molar-refractivity contribution in [2.75, 3.05) is 5.73 Å². The highest BCUT2D eigenvalue weighted by Crippen LogP contribution is 2.31. The fourth-order valence-electron chi connectivity index (χ4n) is 1.79. The number of aromatic nitrogens is 2. The largest absolute Gasteiger partial charge is 0.399 e. The number of rotatable bonds is 2. The lowest BCUT2D eigenvalue weighted by Gasteiger charge is -1.99. The fraction of sp³-hybridized carbons (Fsp3) is 0. The van der Waals surface area contributed by atoms with Crippen molar-refractivity contribution in [3.05, 3.63) is 51.4 Å². The quantitative estimate of drug-likeness (QED) is 0.649. The maximum atomic E-state index is 5.76. The minimum atomic E-state index is 0.454. The standard InChI is InChI=1S/C14H9Br2N3O/c15-9-4-5-12(16)11(7-9)14-18-13(19-20-14)8-2-1-3-10(17)6-8/h1-7H,17H2. The van der Waals surface area contributed by atoms with Gasteiger partial charge in [0.05, 0.1) is 5.56 Å². The van der Waals surface area contributed by atoms with Crippen LogP contribution in [0.1, 0.15) is 0 Å². The second-order valence-corrected chi connectivity index (χ2v) is 5.94. The Balaban J connectivity index is 2.04. The predicted molar refractivity (Wildman–Crippen MR) is 85.0 cm³/mol. The summed E-state index contributed by atoms with van der Waals surface area (Å²) in [6.45, 7) is 0. The highest BCUT2D eigenvalue weighted by Gasteiger charge is 2.13. The van der Waals surface area contributed by atoms with Gasteiger partial charge in [0.2, 0.25) is 5.82 Å². The fourth-order valence-corrected chi connectivity index (χ4v) is 2.57. The van der Waals surface area contributed by atoms with Gasteiger partial charge >= 0.3 is 0 Å². The third-order valence-corrected chi connectivity index (χ3v) is 3.91. The minimum absolute atomic E-state index is 0.454. The number of hydrogen-bond donors (Lipinski definition) is 1. The summed E-state index contributed by atoms with van der Waals surface area (Å²) >= 11 is 6.90. The average Bonchev–Trinajstić information content (AvgIpc) is 2.91. The van der Waals surface area contributed by atoms with E-state index >= 15 is 0 Å². The summed E-state index contributed by atoms with van der Waals surface area (Å²) in [7, 11) is 0. The van der Waals surface area contributed by atoms with Crippen LogP contribution in [-0.2, 0) is 0 Å². The number of hydrogen-bond acceptors (Lipinski definition) is 4. The first-order valence-electron chi connectivity index (χ1n) is 5.78. The number of halogens is 2. The normalized spacial score (nSPS) is 10.7. The maximum absolute atomic E-state index is 5.76. The Hall–Kier alpha value is -1.66. The van der Waals surface area contributed by atoms with Gasteiger partial charge in [-0.3, -0.25) is 0 Å². The summed E-state index contributed by atoms with van der Waals surface area (Å²) in [6, 6.07) is 13.1. The van der Waals surface area contributed by atoms with Crippen molar-refractivity contribution in [1.29, 1.82) is 0 Å². The van der Waals surface area contributed by atoms with Crippen LogP contribution < -0.4 is 5.73 Å². The first kappa shape index (κ1) is 13.3. The average molecular weight is 395 g/mol. The molecule has 0 saturated carbocycles. The lowest BCUT2D eigenvalue weighted by molar-refractivity contribution is 0.432. The van der Waals surface area contributed by atoms with Gasteiger partial charge in [-0.25, -0.2) is 0 Å². The number of benzene rings is 2. The maximum Gasteiger partial charge on any atom is 0.259 e. The Morgan fingerprint density at radius 1 is 1.05 bits per heavy atom. The topological polar surface area (TPSA) is 64.9 Å². The van der Waals surface area contributed by atoms with Crippen LogP contribution in [0.15, 0.2) is 55.9 Å². The van der Waals surface area contributed by atoms with Crippen LogP contribution in [0, 0.1) is 0 Å². The molecule has 6 heteroatoms. The molecule has 100 valence electrons. The Bertz CT molecular complexity index is 771. The van der Waals surface area contributed by atoms with Crippen LogP contribution in [0.3, 0.4) is 0 Å². The predicted octanol–water partition coefficient (Wildman–Crippen LogP) is 4.51. The molecule has 0 fully saturated rings. The first-order valence-corrected chi connectivity index (χ1v) is 7.37. The molecule has 0 unspecified atom stereocenters. The Kier molecular flexibility index (Phi) is 3.58. The molecule has 0 amide bonds. The van der Waals surface area contributed by atoms with Crippen LogP contribution in [0.5, 0.6) is 0 Å². The van der Waals surface area contributed by atoms with Crippen molar-refractivity contribution in [3.8, 4) is 22.8 Å². The molecule has 1 aromatic heterocycles. The van der Waals surface area contributed by atoms with Gasteiger partial charge < -0.3 is 10.3 Å². The SMILES string of the molecule is Nc1cccc(-c2noc(-c3cc(Br)ccc3Br)n2)c1. The number of nitrogens with zero attached hydrogens (tertiary/aromatic N) is 2. The van der Waals surface area contributed by atoms with Crippen molar-refractivity contribution in [1.82, 2.24) is 10.1 Å². The number of anilines is 1. The first-order chi connectivity index (χ1) is 9.63. The summed E-state index contributed by atoms with van der Waals surface area (Å²) in [5.74, 6) is 0.967. The van der Waals surface area contributed by atoms with Crippen LogP contribution in [0.2, 0.25) is 0 Å². The molecule has 0 atom stereocenters. The second-order valence-electron chi connectivity index (χ2n) is 4.17. The third-order valence-electron chi connectivity index (χ3n) is 2.73. The molecule has 0 bridgehead atoms. The smallest absolute Gasteiger partial charge is 0.259 e. The zero-order chi connectivity index (χ0) is 14.1. The van der Waals surface area contributed by atoms with E-state index < -0.39 is 0 Å². The molecule has 20 heavy (non-hydrogen) atoms. The summed E-state index contributed by atoms with van der Waals surface area (Å²) < 4.78 is 7.16. The van der Waals surface area contributed by atoms with Gasteiger partial charge in [-0.15, -0.1) is 0 Å². The van der Waals surface area contributed by atoms with Crippen LogP contribution >= 0.6 is 31.9 Å². The van der Waals surface area contributed by atoms with E-state index in [-0.39, 0.29) is 0 Å². The Morgan fingerprint density at radius 2 is 1.90 bits per heavy atom. The number of nitrogens with two attached hydrogens (primary N) is 1. The van der Waals surface area contributed by atoms with Gasteiger partial charge in [0.15, 0.2) is 0 Å². The minimum Gasteiger partial charge on any atom is -0.399 e. The molecule has 2 aromatic carbocycles. The third kappa shape index (κ3) is 2.62. The molecular formula is C14H9Br2N3O. The molecule has 2 N–H and O–H groups in total. The van der Waals surface area contributed by atoms with Gasteiger partial charge in [0, 0.05) is 20.2 Å². The molecule has 0 saturated heterocycles. The zero-order valence-electron chi connectivity index (χ0n) is 10.2. The molecule has 0 aliphatic carbocycles. The summed E-state index contributed by atoms with van der Waals surface area (Å²) in [5.41, 5.74) is 8.08. The van der Waals surface area contributed by atoms with Crippen molar-refractivity contribution in [3.63, 3.8) is 0 Å². The Labute approximate surface area is 132 Å². The second kappa shape index (κ2) is 5.38. The van der Waals surface area contributed by atoms with E-state index in [0.29, 0.717) is 17.4 Å². The van der Waals surface area contributed by atoms with E-state index in [2.05, 4.69) is 42.0 Å². The van der Waals surface area contributed by atoms with Crippen LogP contribution in [-0.4, -0.2) is 10.1 Å². The van der Waals surface area contributed by atoms with Gasteiger partial charge in [-0.2, -0.15) is 4.98 Å². The summed E-state index contributed by atoms with van der Waals surface area (Å²) in [5, 5.41) is 4.00. The zero-order valence-corrected chi connectivity index (χ0v) is 13.3. The van der Waals surface area contributed by atoms with Gasteiger partial charge in [0.1, 0.15) is 0 Å². The number of nitrogen functional groups attached to an aromatic ring is 1. The lowest BCUT2D eigenvalue weighted by atomic mass is 10.2. The van der Waals surface area contributed by atoms with Gasteiger partial charge in [-0.05, 0) is 46.3 Å². The van der Waals surface area contributed by atoms with E-state index in [9.17, 15) is 0 Å². The van der Waals surface area contributed by atoms with E-state index in [0.717, 1.165) is 20.1 Å². The lowest BCUT2D eigenvalue weighted by Crippen LogP contribution is -1.86. The van der Waals surface area contributed by atoms with E-state index in [1.165, 1.54) is 0 Å². The molecule has 0 spiro atoms. The van der Waals surface area contributed by atoms with Crippen molar-refractivity contribution in [2.24, 2.45) is 0 Å². The van der Waals surface area contributed by atoms with E-state index in [1.54, 1.807) is 0 Å². The molecule has 4 nitrogen and oxygen atoms in total. The van der Waals surface area contributed by atoms with Crippen LogP contribution in [0.4, 0.5) is 5.69 Å². The molecule has 0 aliphatic rings. The van der Waals surface area contributed by atoms with Crippen molar-refractivity contribution in [2.45, 2.75) is 0 Å². The monoisotopic (exact) mass is 393 g/mol. The van der Waals surface area contributed by atoms with Crippen LogP contribution in [0.25, 0.3) is 22.8 Å². The molecular weight excluding hydrogens is 386 g/mol. The summed E-state index contributed by atoms with van der Waals surface area (Å²) in [4.78, 5) is 4.41. The van der Waals surface area contributed by atoms with Gasteiger partial charge in [0.25, 0.3) is 5.89 Å². The molecule has 3 rings (SSSR count). The highest BCUT2D eigenvalue weighted by atomic mass is 79.9. The Morgan fingerprint density at radius 3 is 2.70 bits per heavy atom. The van der Waals surface area contributed by atoms with Gasteiger partial charge in [-0.1, -0.05) is 33.2 Å². The highest BCUT2D eigenvalue weighted by molar-refractivity contribution is 9.11. The molecule has 3 aromatic rings. The summed E-state index contributed by atoms with van der Waals surface area (Å²) in [6.07, 6.45) is 0.